The molecule has 3 rings (SSSR count). The topological polar surface area (TPSA) is 66.5 Å². The van der Waals surface area contributed by atoms with Crippen LogP contribution in [0.2, 0.25) is 0 Å². The van der Waals surface area contributed by atoms with Crippen LogP contribution in [0.15, 0.2) is 58.2 Å². The number of imidazole rings is 1. The minimum atomic E-state index is -0.243. The molecule has 6 nitrogen and oxygen atoms in total. The monoisotopic (exact) mass is 326 g/mol. The number of rotatable bonds is 6. The quantitative estimate of drug-likeness (QED) is 0.697. The number of aromatic nitrogens is 2. The normalized spacial score (nSPS) is 10.6. The molecule has 1 aromatic carbocycles. The van der Waals surface area contributed by atoms with Gasteiger partial charge in [0.1, 0.15) is 25.2 Å². The highest BCUT2D eigenvalue weighted by Gasteiger charge is 2.07. The fourth-order valence-corrected chi connectivity index (χ4v) is 2.21. The summed E-state index contributed by atoms with van der Waals surface area (Å²) in [6.07, 6.45) is 4.72. The molecule has 0 saturated carbocycles. The Bertz CT molecular complexity index is 882. The van der Waals surface area contributed by atoms with E-state index in [1.54, 1.807) is 17.0 Å². The molecule has 0 saturated heterocycles. The summed E-state index contributed by atoms with van der Waals surface area (Å²) in [7, 11) is 1.82. The number of nitrogens with zero attached hydrogens (tertiary/aromatic N) is 2. The van der Waals surface area contributed by atoms with E-state index in [2.05, 4.69) is 4.98 Å². The predicted molar refractivity (Wildman–Crippen MR) is 88.0 cm³/mol. The van der Waals surface area contributed by atoms with Crippen molar-refractivity contribution in [1.29, 1.82) is 0 Å². The smallest absolute Gasteiger partial charge is 0.296 e. The third kappa shape index (κ3) is 3.84. The fourth-order valence-electron chi connectivity index (χ4n) is 2.21. The Hall–Kier alpha value is -3.02. The summed E-state index contributed by atoms with van der Waals surface area (Å²) in [5.41, 5.74) is 1.90. The molecule has 0 fully saturated rings. The zero-order valence-corrected chi connectivity index (χ0v) is 13.6. The average Bonchev–Trinajstić information content (AvgIpc) is 2.97. The molecule has 0 amide bonds. The molecule has 0 spiro atoms. The van der Waals surface area contributed by atoms with Gasteiger partial charge in [-0.1, -0.05) is 29.8 Å². The van der Waals surface area contributed by atoms with Crippen LogP contribution in [-0.2, 0) is 20.3 Å². The SMILES string of the molecule is Cc1cccc(COc2coc(COc3nccn3C)cc2=O)c1. The van der Waals surface area contributed by atoms with Crippen LogP contribution in [0.3, 0.4) is 0 Å². The summed E-state index contributed by atoms with van der Waals surface area (Å²) < 4.78 is 18.2. The van der Waals surface area contributed by atoms with Gasteiger partial charge in [0.05, 0.1) is 0 Å². The van der Waals surface area contributed by atoms with Crippen molar-refractivity contribution in [3.63, 3.8) is 0 Å². The van der Waals surface area contributed by atoms with Crippen molar-refractivity contribution < 1.29 is 13.9 Å². The van der Waals surface area contributed by atoms with Gasteiger partial charge in [0.15, 0.2) is 0 Å². The largest absolute Gasteiger partial charge is 0.482 e. The van der Waals surface area contributed by atoms with E-state index in [0.717, 1.165) is 11.1 Å². The van der Waals surface area contributed by atoms with Crippen molar-refractivity contribution in [3.8, 4) is 11.8 Å². The molecule has 6 heteroatoms. The first kappa shape index (κ1) is 15.9. The van der Waals surface area contributed by atoms with Crippen LogP contribution in [0.5, 0.6) is 11.8 Å². The van der Waals surface area contributed by atoms with Gasteiger partial charge in [-0.05, 0) is 12.5 Å². The Labute approximate surface area is 139 Å². The van der Waals surface area contributed by atoms with Crippen LogP contribution in [0.1, 0.15) is 16.9 Å². The third-order valence-electron chi connectivity index (χ3n) is 3.45. The lowest BCUT2D eigenvalue weighted by molar-refractivity contribution is 0.233. The Morgan fingerprint density at radius 2 is 2.08 bits per heavy atom. The molecule has 0 radical (unpaired) electrons. The maximum absolute atomic E-state index is 12.1. The summed E-state index contributed by atoms with van der Waals surface area (Å²) in [4.78, 5) is 16.1. The van der Waals surface area contributed by atoms with Crippen LogP contribution in [0.4, 0.5) is 0 Å². The van der Waals surface area contributed by atoms with E-state index in [4.69, 9.17) is 13.9 Å². The van der Waals surface area contributed by atoms with Crippen LogP contribution in [0.25, 0.3) is 0 Å². The van der Waals surface area contributed by atoms with E-state index < -0.39 is 0 Å². The summed E-state index contributed by atoms with van der Waals surface area (Å²) in [5.74, 6) is 0.586. The maximum Gasteiger partial charge on any atom is 0.296 e. The first-order valence-electron chi connectivity index (χ1n) is 7.52. The van der Waals surface area contributed by atoms with E-state index >= 15 is 0 Å². The Morgan fingerprint density at radius 1 is 1.21 bits per heavy atom. The van der Waals surface area contributed by atoms with Crippen molar-refractivity contribution in [2.75, 3.05) is 0 Å². The minimum Gasteiger partial charge on any atom is -0.482 e. The van der Waals surface area contributed by atoms with Crippen molar-refractivity contribution in [2.24, 2.45) is 7.05 Å². The van der Waals surface area contributed by atoms with Gasteiger partial charge in [0.2, 0.25) is 11.2 Å². The molecular weight excluding hydrogens is 308 g/mol. The van der Waals surface area contributed by atoms with Crippen molar-refractivity contribution in [1.82, 2.24) is 9.55 Å². The highest BCUT2D eigenvalue weighted by atomic mass is 16.5. The average molecular weight is 326 g/mol. The molecule has 124 valence electrons. The van der Waals surface area contributed by atoms with Gasteiger partial charge in [-0.25, -0.2) is 4.98 Å². The second-order valence-electron chi connectivity index (χ2n) is 5.46. The molecule has 24 heavy (non-hydrogen) atoms. The van der Waals surface area contributed by atoms with Gasteiger partial charge in [-0.15, -0.1) is 0 Å². The lowest BCUT2D eigenvalue weighted by Crippen LogP contribution is -2.09. The molecular formula is C18H18N2O4. The maximum atomic E-state index is 12.1. The number of ether oxygens (including phenoxy) is 2. The van der Waals surface area contributed by atoms with E-state index in [0.29, 0.717) is 18.4 Å². The van der Waals surface area contributed by atoms with E-state index in [-0.39, 0.29) is 17.8 Å². The third-order valence-corrected chi connectivity index (χ3v) is 3.45. The number of hydrogen-bond donors (Lipinski definition) is 0. The highest BCUT2D eigenvalue weighted by Crippen LogP contribution is 2.12. The standard InChI is InChI=1S/C18H18N2O4/c1-13-4-3-5-14(8-13)10-23-17-12-22-15(9-16(17)21)11-24-18-19-6-7-20(18)2/h3-9,12H,10-11H2,1-2H3. The zero-order chi connectivity index (χ0) is 16.9. The van der Waals surface area contributed by atoms with E-state index in [1.807, 2.05) is 38.2 Å². The first-order chi connectivity index (χ1) is 11.6. The molecule has 2 heterocycles. The predicted octanol–water partition coefficient (Wildman–Crippen LogP) is 2.84. The van der Waals surface area contributed by atoms with Crippen molar-refractivity contribution in [3.05, 3.63) is 76.1 Å². The molecule has 0 N–H and O–H groups in total. The molecule has 2 aromatic heterocycles. The molecule has 0 aliphatic carbocycles. The van der Waals surface area contributed by atoms with Gasteiger partial charge in [0.25, 0.3) is 6.01 Å². The Morgan fingerprint density at radius 3 is 2.79 bits per heavy atom. The molecule has 0 bridgehead atoms. The molecule has 0 atom stereocenters. The summed E-state index contributed by atoms with van der Waals surface area (Å²) in [6.45, 7) is 2.45. The summed E-state index contributed by atoms with van der Waals surface area (Å²) >= 11 is 0. The lowest BCUT2D eigenvalue weighted by Gasteiger charge is -2.07. The fraction of sp³-hybridized carbons (Fsp3) is 0.222. The second-order valence-corrected chi connectivity index (χ2v) is 5.46. The minimum absolute atomic E-state index is 0.123. The number of hydrogen-bond acceptors (Lipinski definition) is 5. The van der Waals surface area contributed by atoms with Gasteiger partial charge in [-0.2, -0.15) is 0 Å². The molecule has 0 aliphatic heterocycles. The van der Waals surface area contributed by atoms with Crippen molar-refractivity contribution in [2.45, 2.75) is 20.1 Å². The zero-order valence-electron chi connectivity index (χ0n) is 13.6. The Kier molecular flexibility index (Phi) is 4.65. The van der Waals surface area contributed by atoms with Crippen LogP contribution >= 0.6 is 0 Å². The Balaban J connectivity index is 1.62. The van der Waals surface area contributed by atoms with E-state index in [1.165, 1.54) is 12.3 Å². The highest BCUT2D eigenvalue weighted by molar-refractivity contribution is 5.23. The van der Waals surface area contributed by atoms with E-state index in [9.17, 15) is 4.79 Å². The number of benzene rings is 1. The van der Waals surface area contributed by atoms with Gasteiger partial charge in [0, 0.05) is 25.5 Å². The number of aryl methyl sites for hydroxylation is 2. The van der Waals surface area contributed by atoms with Gasteiger partial charge < -0.3 is 18.5 Å². The van der Waals surface area contributed by atoms with Crippen molar-refractivity contribution >= 4 is 0 Å². The summed E-state index contributed by atoms with van der Waals surface area (Å²) in [6, 6.07) is 9.75. The van der Waals surface area contributed by atoms with Crippen LogP contribution in [-0.4, -0.2) is 9.55 Å². The van der Waals surface area contributed by atoms with Crippen LogP contribution in [0, 0.1) is 6.92 Å². The summed E-state index contributed by atoms with van der Waals surface area (Å²) in [5, 5.41) is 0. The second kappa shape index (κ2) is 7.04. The molecule has 3 aromatic rings. The molecule has 0 aliphatic rings. The van der Waals surface area contributed by atoms with Gasteiger partial charge >= 0.3 is 0 Å². The first-order valence-corrected chi connectivity index (χ1v) is 7.52. The molecule has 0 unspecified atom stereocenters. The van der Waals surface area contributed by atoms with Gasteiger partial charge in [-0.3, -0.25) is 4.79 Å². The lowest BCUT2D eigenvalue weighted by atomic mass is 10.1. The van der Waals surface area contributed by atoms with Crippen LogP contribution < -0.4 is 14.9 Å².